The number of alkyl halides is 2. The third kappa shape index (κ3) is 5.69. The minimum Gasteiger partial charge on any atom is -0.348 e. The van der Waals surface area contributed by atoms with Crippen LogP contribution in [0.2, 0.25) is 5.02 Å². The highest BCUT2D eigenvalue weighted by atomic mass is 35.5. The predicted molar refractivity (Wildman–Crippen MR) is 135 cm³/mol. The van der Waals surface area contributed by atoms with E-state index in [9.17, 15) is 26.5 Å². The molecular formula is C24H27ClF2N4O4S. The first-order valence-electron chi connectivity index (χ1n) is 10.9. The molecule has 0 fully saturated rings. The summed E-state index contributed by atoms with van der Waals surface area (Å²) in [6.45, 7) is 7.50. The van der Waals surface area contributed by atoms with Crippen molar-refractivity contribution in [2.24, 2.45) is 12.5 Å². The summed E-state index contributed by atoms with van der Waals surface area (Å²) in [6, 6.07) is 10.5. The average Bonchev–Trinajstić information content (AvgIpc) is 3.10. The topological polar surface area (TPSA) is 105 Å². The van der Waals surface area contributed by atoms with Crippen LogP contribution in [-0.4, -0.2) is 34.7 Å². The van der Waals surface area contributed by atoms with E-state index in [2.05, 4.69) is 10.4 Å². The SMILES string of the molecule is C[C@H](NC(=O)c1c(N(c2ccc(Cl)cc2)S(=O)(=O)O)c(-c2ccccc2C(F)F)nn1C)C(C)(C)C. The Morgan fingerprint density at radius 3 is 2.25 bits per heavy atom. The predicted octanol–water partition coefficient (Wildman–Crippen LogP) is 5.78. The third-order valence-corrected chi connectivity index (χ3v) is 6.94. The van der Waals surface area contributed by atoms with Crippen molar-refractivity contribution in [3.05, 3.63) is 64.8 Å². The van der Waals surface area contributed by atoms with Crippen molar-refractivity contribution < 1.29 is 26.5 Å². The molecule has 194 valence electrons. The first-order valence-corrected chi connectivity index (χ1v) is 12.7. The number of aryl methyl sites for hydroxylation is 1. The zero-order valence-electron chi connectivity index (χ0n) is 20.3. The smallest absolute Gasteiger partial charge is 0.348 e. The second-order valence-electron chi connectivity index (χ2n) is 9.34. The summed E-state index contributed by atoms with van der Waals surface area (Å²) in [6.07, 6.45) is -2.91. The molecule has 12 heteroatoms. The van der Waals surface area contributed by atoms with E-state index in [0.717, 1.165) is 4.68 Å². The first kappa shape index (κ1) is 27.6. The highest BCUT2D eigenvalue weighted by Gasteiger charge is 2.36. The molecule has 0 spiro atoms. The molecule has 3 aromatic rings. The number of carbonyl (C=O) groups is 1. The number of nitrogens with zero attached hydrogens (tertiary/aromatic N) is 3. The third-order valence-electron chi connectivity index (χ3n) is 5.83. The maximum atomic E-state index is 13.9. The van der Waals surface area contributed by atoms with Gasteiger partial charge in [0.05, 0.1) is 5.69 Å². The van der Waals surface area contributed by atoms with Crippen LogP contribution in [0.25, 0.3) is 11.3 Å². The lowest BCUT2D eigenvalue weighted by atomic mass is 9.88. The lowest BCUT2D eigenvalue weighted by Gasteiger charge is -2.29. The Labute approximate surface area is 213 Å². The van der Waals surface area contributed by atoms with Crippen molar-refractivity contribution in [1.29, 1.82) is 0 Å². The van der Waals surface area contributed by atoms with Gasteiger partial charge in [-0.2, -0.15) is 13.5 Å². The Bertz CT molecular complexity index is 1370. The van der Waals surface area contributed by atoms with Crippen molar-refractivity contribution in [2.45, 2.75) is 40.2 Å². The van der Waals surface area contributed by atoms with E-state index in [0.29, 0.717) is 9.33 Å². The Kier molecular flexibility index (Phi) is 7.77. The number of carbonyl (C=O) groups excluding carboxylic acids is 1. The maximum absolute atomic E-state index is 13.9. The summed E-state index contributed by atoms with van der Waals surface area (Å²) < 4.78 is 65.1. The van der Waals surface area contributed by atoms with Gasteiger partial charge >= 0.3 is 10.3 Å². The highest BCUT2D eigenvalue weighted by Crippen LogP contribution is 2.42. The van der Waals surface area contributed by atoms with Gasteiger partial charge in [0.2, 0.25) is 0 Å². The molecule has 3 rings (SSSR count). The van der Waals surface area contributed by atoms with Gasteiger partial charge in [0.15, 0.2) is 5.69 Å². The molecule has 0 aliphatic heterocycles. The van der Waals surface area contributed by atoms with Gasteiger partial charge < -0.3 is 5.32 Å². The molecule has 0 radical (unpaired) electrons. The summed E-state index contributed by atoms with van der Waals surface area (Å²) in [4.78, 5) is 13.5. The van der Waals surface area contributed by atoms with Gasteiger partial charge in [-0.1, -0.05) is 56.6 Å². The summed E-state index contributed by atoms with van der Waals surface area (Å²) in [5, 5.41) is 7.38. The highest BCUT2D eigenvalue weighted by molar-refractivity contribution is 7.87. The number of amides is 1. The second kappa shape index (κ2) is 10.2. The minimum atomic E-state index is -5.08. The van der Waals surface area contributed by atoms with E-state index in [4.69, 9.17) is 11.6 Å². The molecule has 0 saturated carbocycles. The standard InChI is InChI=1S/C24H27ClF2N4O4S/c1-14(24(2,3)4)28-23(32)21-20(31(36(33,34)35)16-12-10-15(25)11-13-16)19(29-30(21)5)17-8-6-7-9-18(17)22(26)27/h6-14,22H,1-5H3,(H,28,32)(H,33,34,35)/t14-/m0/s1. The Balaban J connectivity index is 2.38. The van der Waals surface area contributed by atoms with Crippen LogP contribution in [0.5, 0.6) is 0 Å². The number of anilines is 2. The number of hydrogen-bond acceptors (Lipinski definition) is 4. The summed E-state index contributed by atoms with van der Waals surface area (Å²) >= 11 is 5.95. The van der Waals surface area contributed by atoms with Crippen molar-refractivity contribution in [3.63, 3.8) is 0 Å². The number of aromatic nitrogens is 2. The van der Waals surface area contributed by atoms with Crippen LogP contribution >= 0.6 is 11.6 Å². The van der Waals surface area contributed by atoms with E-state index in [1.54, 1.807) is 6.92 Å². The second-order valence-corrected chi connectivity index (χ2v) is 11.0. The molecule has 0 aliphatic carbocycles. The Morgan fingerprint density at radius 1 is 1.14 bits per heavy atom. The minimum absolute atomic E-state index is 0.0800. The molecule has 2 aromatic carbocycles. The van der Waals surface area contributed by atoms with Crippen LogP contribution < -0.4 is 9.62 Å². The molecule has 2 N–H and O–H groups in total. The molecule has 8 nitrogen and oxygen atoms in total. The molecule has 36 heavy (non-hydrogen) atoms. The van der Waals surface area contributed by atoms with Crippen molar-refractivity contribution >= 4 is 39.2 Å². The first-order chi connectivity index (χ1) is 16.6. The molecular weight excluding hydrogens is 514 g/mol. The summed E-state index contributed by atoms with van der Waals surface area (Å²) in [7, 11) is -3.69. The molecule has 1 amide bonds. The van der Waals surface area contributed by atoms with Crippen molar-refractivity contribution in [2.75, 3.05) is 4.31 Å². The van der Waals surface area contributed by atoms with Gasteiger partial charge in [-0.3, -0.25) is 14.0 Å². The normalized spacial score (nSPS) is 13.1. The zero-order valence-corrected chi connectivity index (χ0v) is 21.9. The lowest BCUT2D eigenvalue weighted by Crippen LogP contribution is -2.42. The zero-order chi connectivity index (χ0) is 27.0. The fourth-order valence-corrected chi connectivity index (χ4v) is 4.40. The van der Waals surface area contributed by atoms with Gasteiger partial charge in [0, 0.05) is 29.2 Å². The van der Waals surface area contributed by atoms with Gasteiger partial charge in [-0.25, -0.2) is 13.1 Å². The van der Waals surface area contributed by atoms with Crippen molar-refractivity contribution in [1.82, 2.24) is 15.1 Å². The van der Waals surface area contributed by atoms with Gasteiger partial charge in [-0.05, 0) is 36.6 Å². The monoisotopic (exact) mass is 540 g/mol. The number of benzene rings is 2. The van der Waals surface area contributed by atoms with Crippen molar-refractivity contribution in [3.8, 4) is 11.3 Å². The fraction of sp³-hybridized carbons (Fsp3) is 0.333. The largest absolute Gasteiger partial charge is 0.364 e. The number of halogens is 3. The molecule has 0 aliphatic rings. The van der Waals surface area contributed by atoms with E-state index < -0.39 is 28.2 Å². The van der Waals surface area contributed by atoms with Crippen LogP contribution in [0, 0.1) is 5.41 Å². The van der Waals surface area contributed by atoms with E-state index in [-0.39, 0.29) is 39.8 Å². The van der Waals surface area contributed by atoms with Crippen LogP contribution in [0.1, 0.15) is 50.2 Å². The average molecular weight is 541 g/mol. The quantitative estimate of drug-likeness (QED) is 0.369. The summed E-state index contributed by atoms with van der Waals surface area (Å²) in [5.74, 6) is -0.703. The van der Waals surface area contributed by atoms with E-state index in [1.807, 2.05) is 20.8 Å². The molecule has 1 heterocycles. The Morgan fingerprint density at radius 2 is 1.72 bits per heavy atom. The molecule has 0 unspecified atom stereocenters. The number of hydrogen-bond donors (Lipinski definition) is 2. The van der Waals surface area contributed by atoms with Crippen LogP contribution in [0.4, 0.5) is 20.2 Å². The van der Waals surface area contributed by atoms with Gasteiger partial charge in [0.25, 0.3) is 12.3 Å². The maximum Gasteiger partial charge on any atom is 0.364 e. The van der Waals surface area contributed by atoms with Gasteiger partial charge in [-0.15, -0.1) is 0 Å². The fourth-order valence-electron chi connectivity index (χ4n) is 3.48. The van der Waals surface area contributed by atoms with Gasteiger partial charge in [0.1, 0.15) is 11.4 Å². The van der Waals surface area contributed by atoms with E-state index in [1.165, 1.54) is 55.6 Å². The number of nitrogens with one attached hydrogen (secondary N) is 1. The molecule has 1 aromatic heterocycles. The number of rotatable bonds is 7. The summed E-state index contributed by atoms with van der Waals surface area (Å²) in [5.41, 5.74) is -1.80. The van der Waals surface area contributed by atoms with Crippen LogP contribution in [0.15, 0.2) is 48.5 Å². The molecule has 1 atom stereocenters. The Hall–Kier alpha value is -3.02. The molecule has 0 bridgehead atoms. The van der Waals surface area contributed by atoms with Crippen LogP contribution in [0.3, 0.4) is 0 Å². The van der Waals surface area contributed by atoms with E-state index >= 15 is 0 Å². The van der Waals surface area contributed by atoms with Crippen LogP contribution in [-0.2, 0) is 17.4 Å². The molecule has 0 saturated heterocycles. The lowest BCUT2D eigenvalue weighted by molar-refractivity contribution is 0.0901.